The van der Waals surface area contributed by atoms with Crippen LogP contribution in [0.4, 0.5) is 5.69 Å². The third-order valence-electron chi connectivity index (χ3n) is 5.98. The Hall–Kier alpha value is -4.22. The Morgan fingerprint density at radius 3 is 2.40 bits per heavy atom. The Balaban J connectivity index is 1.33. The van der Waals surface area contributed by atoms with Crippen molar-refractivity contribution < 1.29 is 9.59 Å². The summed E-state index contributed by atoms with van der Waals surface area (Å²) in [7, 11) is 0. The van der Waals surface area contributed by atoms with Gasteiger partial charge in [-0.1, -0.05) is 72.8 Å². The summed E-state index contributed by atoms with van der Waals surface area (Å²) in [5.41, 5.74) is 3.60. The summed E-state index contributed by atoms with van der Waals surface area (Å²) in [5, 5.41) is 10.3. The van der Waals surface area contributed by atoms with E-state index in [1.165, 1.54) is 0 Å². The summed E-state index contributed by atoms with van der Waals surface area (Å²) in [6.07, 6.45) is 0. The molecule has 5 heteroatoms. The number of thiophene rings is 1. The molecule has 1 heterocycles. The molecular weight excluding hydrogens is 452 g/mol. The Morgan fingerprint density at radius 1 is 0.771 bits per heavy atom. The zero-order chi connectivity index (χ0) is 24.2. The maximum Gasteiger partial charge on any atom is 0.256 e. The summed E-state index contributed by atoms with van der Waals surface area (Å²) < 4.78 is 0. The number of anilines is 1. The quantitative estimate of drug-likeness (QED) is 0.270. The van der Waals surface area contributed by atoms with Crippen molar-refractivity contribution in [2.45, 2.75) is 13.0 Å². The van der Waals surface area contributed by atoms with E-state index >= 15 is 0 Å². The monoisotopic (exact) mass is 476 g/mol. The Kier molecular flexibility index (Phi) is 6.42. The van der Waals surface area contributed by atoms with Crippen molar-refractivity contribution >= 4 is 39.6 Å². The van der Waals surface area contributed by atoms with Crippen molar-refractivity contribution in [3.63, 3.8) is 0 Å². The molecule has 0 spiro atoms. The minimum Gasteiger partial charge on any atom is -0.345 e. The molecule has 172 valence electrons. The average Bonchev–Trinajstić information content (AvgIpc) is 3.43. The minimum atomic E-state index is -0.212. The molecule has 2 N–H and O–H groups in total. The van der Waals surface area contributed by atoms with Crippen LogP contribution >= 0.6 is 11.3 Å². The number of carbonyl (C=O) groups is 2. The molecule has 0 radical (unpaired) electrons. The van der Waals surface area contributed by atoms with Crippen LogP contribution in [0.5, 0.6) is 0 Å². The molecule has 4 nitrogen and oxygen atoms in total. The van der Waals surface area contributed by atoms with Crippen LogP contribution in [0.15, 0.2) is 109 Å². The molecular formula is C30H24N2O2S. The molecule has 0 unspecified atom stereocenters. The second-order valence-electron chi connectivity index (χ2n) is 8.32. The van der Waals surface area contributed by atoms with E-state index in [9.17, 15) is 9.59 Å². The van der Waals surface area contributed by atoms with Gasteiger partial charge in [0, 0.05) is 27.3 Å². The number of hydrogen-bond donors (Lipinski definition) is 2. The number of amides is 2. The molecule has 5 aromatic rings. The average molecular weight is 477 g/mol. The lowest BCUT2D eigenvalue weighted by Crippen LogP contribution is -2.27. The van der Waals surface area contributed by atoms with E-state index in [1.54, 1.807) is 35.6 Å². The molecule has 0 bridgehead atoms. The largest absolute Gasteiger partial charge is 0.345 e. The smallest absolute Gasteiger partial charge is 0.256 e. The van der Waals surface area contributed by atoms with Gasteiger partial charge in [-0.3, -0.25) is 9.59 Å². The second-order valence-corrected chi connectivity index (χ2v) is 9.27. The fraction of sp³-hybridized carbons (Fsp3) is 0.0667. The fourth-order valence-electron chi connectivity index (χ4n) is 4.25. The third-order valence-corrected chi connectivity index (χ3v) is 6.88. The Bertz CT molecular complexity index is 1500. The van der Waals surface area contributed by atoms with Gasteiger partial charge in [0.25, 0.3) is 11.8 Å². The van der Waals surface area contributed by atoms with Crippen molar-refractivity contribution in [3.8, 4) is 10.4 Å². The number of fused-ring (bicyclic) bond motifs is 1. The van der Waals surface area contributed by atoms with Gasteiger partial charge in [0.1, 0.15) is 0 Å². The summed E-state index contributed by atoms with van der Waals surface area (Å²) in [4.78, 5) is 27.2. The van der Waals surface area contributed by atoms with Crippen molar-refractivity contribution in [1.29, 1.82) is 0 Å². The van der Waals surface area contributed by atoms with Gasteiger partial charge in [-0.05, 0) is 59.0 Å². The molecule has 0 saturated heterocycles. The molecule has 0 aliphatic rings. The highest BCUT2D eigenvalue weighted by molar-refractivity contribution is 7.13. The summed E-state index contributed by atoms with van der Waals surface area (Å²) in [6.45, 7) is 1.98. The van der Waals surface area contributed by atoms with Gasteiger partial charge in [0.2, 0.25) is 0 Å². The second kappa shape index (κ2) is 9.95. The van der Waals surface area contributed by atoms with E-state index in [-0.39, 0.29) is 17.9 Å². The molecule has 1 atom stereocenters. The first kappa shape index (κ1) is 22.6. The van der Waals surface area contributed by atoms with Gasteiger partial charge >= 0.3 is 0 Å². The fourth-order valence-corrected chi connectivity index (χ4v) is 5.02. The van der Waals surface area contributed by atoms with Crippen LogP contribution in [-0.2, 0) is 0 Å². The highest BCUT2D eigenvalue weighted by atomic mass is 32.1. The molecule has 1 aromatic heterocycles. The molecule has 0 saturated carbocycles. The number of nitrogens with one attached hydrogen (secondary N) is 2. The molecule has 35 heavy (non-hydrogen) atoms. The molecule has 4 aromatic carbocycles. The lowest BCUT2D eigenvalue weighted by molar-refractivity contribution is 0.0939. The van der Waals surface area contributed by atoms with E-state index in [2.05, 4.69) is 28.8 Å². The van der Waals surface area contributed by atoms with Crippen LogP contribution in [0.2, 0.25) is 0 Å². The van der Waals surface area contributed by atoms with Crippen molar-refractivity contribution in [2.24, 2.45) is 0 Å². The lowest BCUT2D eigenvalue weighted by atomic mass is 9.99. The topological polar surface area (TPSA) is 58.2 Å². The number of carbonyl (C=O) groups excluding carboxylic acids is 2. The van der Waals surface area contributed by atoms with Gasteiger partial charge in [0.05, 0.1) is 6.04 Å². The molecule has 0 aliphatic carbocycles. The highest BCUT2D eigenvalue weighted by Gasteiger charge is 2.16. The Morgan fingerprint density at radius 2 is 1.54 bits per heavy atom. The van der Waals surface area contributed by atoms with Crippen molar-refractivity contribution in [2.75, 3.05) is 5.32 Å². The zero-order valence-corrected chi connectivity index (χ0v) is 20.0. The minimum absolute atomic E-state index is 0.176. The number of hydrogen-bond acceptors (Lipinski definition) is 3. The molecule has 0 aliphatic heterocycles. The SMILES string of the molecule is C[C@H](NC(=O)c1cccc(NC(=O)c2ccccc2-c2cccs2)c1)c1cccc2ccccc12. The first-order chi connectivity index (χ1) is 17.1. The summed E-state index contributed by atoms with van der Waals surface area (Å²) >= 11 is 1.59. The first-order valence-corrected chi connectivity index (χ1v) is 12.3. The van der Waals surface area contributed by atoms with E-state index in [4.69, 9.17) is 0 Å². The van der Waals surface area contributed by atoms with Crippen LogP contribution in [-0.4, -0.2) is 11.8 Å². The number of rotatable bonds is 6. The first-order valence-electron chi connectivity index (χ1n) is 11.4. The van der Waals surface area contributed by atoms with Crippen LogP contribution in [0.25, 0.3) is 21.2 Å². The van der Waals surface area contributed by atoms with Crippen LogP contribution in [0, 0.1) is 0 Å². The zero-order valence-electron chi connectivity index (χ0n) is 19.2. The molecule has 5 rings (SSSR count). The van der Waals surface area contributed by atoms with E-state index in [1.807, 2.05) is 73.0 Å². The van der Waals surface area contributed by atoms with E-state index < -0.39 is 0 Å². The van der Waals surface area contributed by atoms with Gasteiger partial charge in [-0.25, -0.2) is 0 Å². The van der Waals surface area contributed by atoms with Crippen molar-refractivity contribution in [1.82, 2.24) is 5.32 Å². The molecule has 2 amide bonds. The van der Waals surface area contributed by atoms with E-state index in [0.717, 1.165) is 26.8 Å². The maximum absolute atomic E-state index is 13.1. The Labute approximate surface area is 208 Å². The van der Waals surface area contributed by atoms with Gasteiger partial charge < -0.3 is 10.6 Å². The number of benzene rings is 4. The van der Waals surface area contributed by atoms with Gasteiger partial charge in [-0.2, -0.15) is 0 Å². The third kappa shape index (κ3) is 4.86. The van der Waals surface area contributed by atoms with E-state index in [0.29, 0.717) is 16.8 Å². The summed E-state index contributed by atoms with van der Waals surface area (Å²) in [6, 6.07) is 32.6. The predicted octanol–water partition coefficient (Wildman–Crippen LogP) is 7.31. The van der Waals surface area contributed by atoms with Gasteiger partial charge in [-0.15, -0.1) is 11.3 Å². The molecule has 0 fully saturated rings. The van der Waals surface area contributed by atoms with Crippen LogP contribution in [0.3, 0.4) is 0 Å². The highest BCUT2D eigenvalue weighted by Crippen LogP contribution is 2.29. The summed E-state index contributed by atoms with van der Waals surface area (Å²) in [5.74, 6) is -0.406. The lowest BCUT2D eigenvalue weighted by Gasteiger charge is -2.17. The normalized spacial score (nSPS) is 11.7. The van der Waals surface area contributed by atoms with Gasteiger partial charge in [0.15, 0.2) is 0 Å². The van der Waals surface area contributed by atoms with Crippen molar-refractivity contribution in [3.05, 3.63) is 125 Å². The van der Waals surface area contributed by atoms with Crippen LogP contribution < -0.4 is 10.6 Å². The maximum atomic E-state index is 13.1. The standard InChI is InChI=1S/C30H24N2O2S/c1-20(24-16-7-10-21-9-2-3-13-25(21)24)31-29(33)22-11-6-12-23(19-22)32-30(34)27-15-5-4-14-26(27)28-17-8-18-35-28/h2-20H,1H3,(H,31,33)(H,32,34)/t20-/m0/s1. The predicted molar refractivity (Wildman–Crippen MR) is 144 cm³/mol. The van der Waals surface area contributed by atoms with Crippen LogP contribution in [0.1, 0.15) is 39.2 Å².